The number of aliphatic hydroxyl groups excluding tert-OH is 1. The maximum absolute atomic E-state index is 13.1. The Morgan fingerprint density at radius 2 is 0.750 bits per heavy atom. The number of carboxylic acid groups (broad SMARTS) is 1. The summed E-state index contributed by atoms with van der Waals surface area (Å²) in [6, 6.07) is -11.6. The molecule has 0 aliphatic rings. The van der Waals surface area contributed by atoms with Crippen molar-refractivity contribution in [2.24, 2.45) is 5.73 Å². The molecule has 0 heterocycles. The van der Waals surface area contributed by atoms with Gasteiger partial charge >= 0.3 is 5.97 Å². The zero-order chi connectivity index (χ0) is 49.4. The van der Waals surface area contributed by atoms with Crippen LogP contribution in [0.1, 0.15) is 34.6 Å². The number of aliphatic hydroxyl groups is 1. The summed E-state index contributed by atoms with van der Waals surface area (Å²) in [7, 11) is 0. The molecule has 0 fully saturated rings. The fourth-order valence-corrected chi connectivity index (χ4v) is 5.52. The lowest BCUT2D eigenvalue weighted by Gasteiger charge is -2.26. The van der Waals surface area contributed by atoms with Gasteiger partial charge in [-0.3, -0.25) is 57.5 Å². The molecule has 64 heavy (non-hydrogen) atoms. The molecule has 0 aromatic heterocycles. The average Bonchev–Trinajstić information content (AvgIpc) is 3.24. The second-order valence-electron chi connectivity index (χ2n) is 13.8. The molecule has 362 valence electrons. The largest absolute Gasteiger partial charge is 0.480 e. The monoisotopic (exact) mass is 986 g/mol. The van der Waals surface area contributed by atoms with E-state index in [1.54, 1.807) is 0 Å². The SMILES string of the molecule is C[C@H](NC(=O)CNC(=O)[C@H](CS)NC(=O)[C@H](C)NC(=O)CNC(=O)[C@@H](N)CS)C(=O)N[C@@H](C)C(=O)N[C@@H](CS)C(=O)N[C@H](C(=O)N[C@@H](C)C(=O)N[C@@H](CS)C(=O)NCC(=O)O)[C@@H](C)O. The second-order valence-corrected chi connectivity index (χ2v) is 15.3. The van der Waals surface area contributed by atoms with Gasteiger partial charge in [-0.05, 0) is 34.6 Å². The van der Waals surface area contributed by atoms with Crippen molar-refractivity contribution in [1.82, 2.24) is 58.5 Å². The molecule has 0 spiro atoms. The van der Waals surface area contributed by atoms with E-state index < -0.39 is 151 Å². The second kappa shape index (κ2) is 30.2. The van der Waals surface area contributed by atoms with Crippen LogP contribution < -0.4 is 64.2 Å². The van der Waals surface area contributed by atoms with Crippen molar-refractivity contribution in [3.63, 3.8) is 0 Å². The molecule has 0 aromatic rings. The van der Waals surface area contributed by atoms with Gasteiger partial charge in [0.05, 0.1) is 25.2 Å². The quantitative estimate of drug-likeness (QED) is 0.0324. The third kappa shape index (κ3) is 22.0. The minimum atomic E-state index is -1.67. The molecule has 0 bridgehead atoms. The molecular weight excluding hydrogens is 929 g/mol. The third-order valence-electron chi connectivity index (χ3n) is 8.35. The van der Waals surface area contributed by atoms with E-state index in [1.165, 1.54) is 27.7 Å². The topological polar surface area (TPSA) is 404 Å². The van der Waals surface area contributed by atoms with E-state index in [-0.39, 0.29) is 23.0 Å². The molecule has 0 aromatic carbocycles. The van der Waals surface area contributed by atoms with Crippen LogP contribution in [0.25, 0.3) is 0 Å². The first-order valence-corrected chi connectivity index (χ1v) is 21.7. The molecule has 30 heteroatoms. The Morgan fingerprint density at radius 1 is 0.422 bits per heavy atom. The lowest BCUT2D eigenvalue weighted by molar-refractivity contribution is -0.138. The van der Waals surface area contributed by atoms with Crippen LogP contribution in [0.2, 0.25) is 0 Å². The third-order valence-corrected chi connectivity index (χ3v) is 9.84. The van der Waals surface area contributed by atoms with Gasteiger partial charge in [0.15, 0.2) is 0 Å². The molecule has 0 saturated carbocycles. The van der Waals surface area contributed by atoms with Gasteiger partial charge in [0.25, 0.3) is 0 Å². The van der Waals surface area contributed by atoms with Gasteiger partial charge in [-0.1, -0.05) is 0 Å². The molecule has 0 rings (SSSR count). The highest BCUT2D eigenvalue weighted by Gasteiger charge is 2.33. The van der Waals surface area contributed by atoms with Gasteiger partial charge in [-0.2, -0.15) is 50.5 Å². The summed E-state index contributed by atoms with van der Waals surface area (Å²) in [5.74, 6) is -11.4. The van der Waals surface area contributed by atoms with Gasteiger partial charge in [0.1, 0.15) is 54.9 Å². The first-order valence-electron chi connectivity index (χ1n) is 19.2. The number of nitrogens with two attached hydrogens (primary N) is 1. The minimum absolute atomic E-state index is 0.0427. The molecule has 10 atom stereocenters. The smallest absolute Gasteiger partial charge is 0.322 e. The molecule has 0 aliphatic carbocycles. The Kier molecular flexibility index (Phi) is 27.8. The number of rotatable bonds is 28. The van der Waals surface area contributed by atoms with Gasteiger partial charge in [-0.25, -0.2) is 0 Å². The zero-order valence-electron chi connectivity index (χ0n) is 35.4. The predicted molar refractivity (Wildman–Crippen MR) is 240 cm³/mol. The number of aliphatic carboxylic acids is 1. The number of carbonyl (C=O) groups excluding carboxylic acids is 11. The van der Waals surface area contributed by atoms with Crippen LogP contribution in [0.15, 0.2) is 0 Å². The number of carboxylic acids is 1. The van der Waals surface area contributed by atoms with E-state index in [0.29, 0.717) is 0 Å². The van der Waals surface area contributed by atoms with Crippen molar-refractivity contribution in [3.8, 4) is 0 Å². The maximum atomic E-state index is 13.1. The van der Waals surface area contributed by atoms with E-state index in [0.717, 1.165) is 6.92 Å². The molecule has 15 N–H and O–H groups in total. The summed E-state index contributed by atoms with van der Waals surface area (Å²) in [6.07, 6.45) is -1.54. The van der Waals surface area contributed by atoms with Crippen molar-refractivity contribution in [2.75, 3.05) is 42.6 Å². The Balaban J connectivity index is 5.14. The molecule has 0 radical (unpaired) electrons. The van der Waals surface area contributed by atoms with E-state index in [2.05, 4.69) is 109 Å². The van der Waals surface area contributed by atoms with Gasteiger partial charge < -0.3 is 74.4 Å². The van der Waals surface area contributed by atoms with Crippen molar-refractivity contribution in [3.05, 3.63) is 0 Å². The Hall–Kier alpha value is -5.04. The van der Waals surface area contributed by atoms with Crippen LogP contribution in [0.3, 0.4) is 0 Å². The highest BCUT2D eigenvalue weighted by molar-refractivity contribution is 7.80. The molecule has 0 saturated heterocycles. The van der Waals surface area contributed by atoms with Gasteiger partial charge in [0.2, 0.25) is 65.0 Å². The summed E-state index contributed by atoms with van der Waals surface area (Å²) < 4.78 is 0. The first-order chi connectivity index (χ1) is 29.8. The maximum Gasteiger partial charge on any atom is 0.322 e. The van der Waals surface area contributed by atoms with E-state index >= 15 is 0 Å². The number of carbonyl (C=O) groups is 12. The lowest BCUT2D eigenvalue weighted by atomic mass is 10.1. The summed E-state index contributed by atoms with van der Waals surface area (Å²) in [4.78, 5) is 149. The molecule has 26 nitrogen and oxygen atoms in total. The van der Waals surface area contributed by atoms with Crippen LogP contribution in [0, 0.1) is 0 Å². The number of amides is 11. The Labute approximate surface area is 389 Å². The highest BCUT2D eigenvalue weighted by Crippen LogP contribution is 2.01. The molecular formula is C34H58N12O14S4. The van der Waals surface area contributed by atoms with Crippen molar-refractivity contribution in [1.29, 1.82) is 0 Å². The van der Waals surface area contributed by atoms with Crippen LogP contribution >= 0.6 is 50.5 Å². The highest BCUT2D eigenvalue weighted by atomic mass is 32.1. The van der Waals surface area contributed by atoms with Crippen LogP contribution in [-0.2, 0) is 57.5 Å². The molecule has 0 aliphatic heterocycles. The van der Waals surface area contributed by atoms with Gasteiger partial charge in [0, 0.05) is 23.0 Å². The zero-order valence-corrected chi connectivity index (χ0v) is 39.0. The number of hydrogen-bond donors (Lipinski definition) is 18. The van der Waals surface area contributed by atoms with Crippen molar-refractivity contribution in [2.45, 2.75) is 95.1 Å². The van der Waals surface area contributed by atoms with Gasteiger partial charge in [-0.15, -0.1) is 0 Å². The Bertz CT molecular complexity index is 1710. The first kappa shape index (κ1) is 59.0. The standard InChI is InChI=1S/C34H58N12O14S4/c1-13(39-23(49)7-37-31(57)19(10-62)43-27(53)14(2)40-22(48)6-36-30(56)18(35)9-61)26(52)41-15(3)28(54)45-21(12-64)33(59)46-25(17(5)47)34(60)42-16(4)29(55)44-20(11-63)32(58)38-8-24(50)51/h13-21,25,47,61-64H,6-12,35H2,1-5H3,(H,36,56)(H,37,57)(H,38,58)(H,39,49)(H,40,48)(H,41,52)(H,42,60)(H,43,53)(H,44,55)(H,45,54)(H,46,59)(H,50,51)/t13-,14-,15-,16-,17+,18-,19-,20-,21-,25-/m0/s1. The lowest BCUT2D eigenvalue weighted by Crippen LogP contribution is -2.61. The van der Waals surface area contributed by atoms with Crippen LogP contribution in [0.4, 0.5) is 0 Å². The number of hydrogen-bond acceptors (Lipinski definition) is 18. The number of thiol groups is 4. The summed E-state index contributed by atoms with van der Waals surface area (Å²) in [5, 5.41) is 44.1. The van der Waals surface area contributed by atoms with Crippen LogP contribution in [0.5, 0.6) is 0 Å². The Morgan fingerprint density at radius 3 is 1.11 bits per heavy atom. The van der Waals surface area contributed by atoms with E-state index in [4.69, 9.17) is 10.8 Å². The normalized spacial score (nSPS) is 15.4. The summed E-state index contributed by atoms with van der Waals surface area (Å²) in [5.41, 5.74) is 5.51. The fraction of sp³-hybridized carbons (Fsp3) is 0.647. The van der Waals surface area contributed by atoms with Crippen molar-refractivity contribution >= 4 is 121 Å². The minimum Gasteiger partial charge on any atom is -0.480 e. The summed E-state index contributed by atoms with van der Waals surface area (Å²) in [6.45, 7) is 4.36. The van der Waals surface area contributed by atoms with E-state index in [1.807, 2.05) is 0 Å². The molecule has 0 unspecified atom stereocenters. The number of nitrogens with one attached hydrogen (secondary N) is 11. The summed E-state index contributed by atoms with van der Waals surface area (Å²) >= 11 is 15.9. The van der Waals surface area contributed by atoms with E-state index in [9.17, 15) is 62.6 Å². The fourth-order valence-electron chi connectivity index (χ4n) is 4.58. The van der Waals surface area contributed by atoms with Crippen molar-refractivity contribution < 1.29 is 67.7 Å². The predicted octanol–water partition coefficient (Wildman–Crippen LogP) is -8.20. The van der Waals surface area contributed by atoms with Crippen LogP contribution in [-0.4, -0.2) is 184 Å². The molecule has 11 amide bonds. The average molecular weight is 987 g/mol.